The molecule has 98 valence electrons. The fourth-order valence-corrected chi connectivity index (χ4v) is 2.92. The van der Waals surface area contributed by atoms with E-state index in [9.17, 15) is 0 Å². The van der Waals surface area contributed by atoms with Crippen LogP contribution in [0.1, 0.15) is 44.9 Å². The minimum Gasteiger partial charge on any atom is -0.396 e. The van der Waals surface area contributed by atoms with Crippen molar-refractivity contribution in [2.24, 2.45) is 0 Å². The smallest absolute Gasteiger partial charge is 0.141 e. The Morgan fingerprint density at radius 3 is 2.29 bits per heavy atom. The predicted octanol–water partition coefficient (Wildman–Crippen LogP) is 2.94. The van der Waals surface area contributed by atoms with Crippen LogP contribution in [0.15, 0.2) is 0 Å². The number of aliphatic hydroxyl groups excluding tert-OH is 1. The van der Waals surface area contributed by atoms with Gasteiger partial charge in [0.1, 0.15) is 6.54 Å². The van der Waals surface area contributed by atoms with Crippen molar-refractivity contribution in [3.63, 3.8) is 0 Å². The van der Waals surface area contributed by atoms with Crippen LogP contribution in [0.2, 0.25) is 0 Å². The van der Waals surface area contributed by atoms with Crippen molar-refractivity contribution < 1.29 is 9.59 Å². The molecule has 0 bridgehead atoms. The summed E-state index contributed by atoms with van der Waals surface area (Å²) < 4.78 is 4.26. The predicted molar refractivity (Wildman–Crippen MR) is 80.9 cm³/mol. The lowest BCUT2D eigenvalue weighted by molar-refractivity contribution is -0.910. The number of quaternary nitrogens is 1. The molecule has 0 saturated carbocycles. The molecule has 0 atom stereocenters. The third-order valence-electron chi connectivity index (χ3n) is 3.79. The number of hydrogen-bond acceptors (Lipinski definition) is 1. The lowest BCUT2D eigenvalue weighted by atomic mass is 10.1. The van der Waals surface area contributed by atoms with Crippen LogP contribution < -0.4 is 0 Å². The number of nitrogens with zero attached hydrogens (tertiary/aromatic N) is 1. The highest BCUT2D eigenvalue weighted by Gasteiger charge is 2.30. The first-order chi connectivity index (χ1) is 8.33. The average Bonchev–Trinajstić information content (AvgIpc) is 2.80. The second-order valence-electron chi connectivity index (χ2n) is 5.14. The summed E-state index contributed by atoms with van der Waals surface area (Å²) in [4.78, 5) is 0. The van der Waals surface area contributed by atoms with Crippen molar-refractivity contribution in [3.8, 4) is 9.85 Å². The number of aliphatic hydroxyl groups is 1. The molecule has 1 aliphatic rings. The zero-order chi connectivity index (χ0) is 12.4. The second kappa shape index (κ2) is 9.18. The molecule has 0 aromatic heterocycles. The van der Waals surface area contributed by atoms with E-state index in [1.165, 1.54) is 62.6 Å². The maximum Gasteiger partial charge on any atom is 0.141 e. The van der Waals surface area contributed by atoms with Gasteiger partial charge in [0.25, 0.3) is 0 Å². The van der Waals surface area contributed by atoms with E-state index >= 15 is 0 Å². The van der Waals surface area contributed by atoms with E-state index in [1.54, 1.807) is 0 Å². The fraction of sp³-hybridized carbons (Fsp3) is 0.857. The number of unbranched alkanes of at least 4 members (excludes halogenated alkanes) is 4. The molecule has 17 heavy (non-hydrogen) atoms. The SMILES string of the molecule is OCCCCCCC[N+]1(CC#CI)CCCC1. The van der Waals surface area contributed by atoms with Gasteiger partial charge in [-0.3, -0.25) is 0 Å². The van der Waals surface area contributed by atoms with Gasteiger partial charge in [-0.2, -0.15) is 0 Å². The van der Waals surface area contributed by atoms with E-state index in [0.29, 0.717) is 6.61 Å². The van der Waals surface area contributed by atoms with E-state index in [2.05, 4.69) is 32.4 Å². The van der Waals surface area contributed by atoms with Crippen LogP contribution in [-0.4, -0.2) is 42.4 Å². The van der Waals surface area contributed by atoms with Gasteiger partial charge in [0.05, 0.1) is 19.6 Å². The third-order valence-corrected chi connectivity index (χ3v) is 4.17. The molecule has 0 aromatic rings. The zero-order valence-electron chi connectivity index (χ0n) is 10.8. The number of rotatable bonds is 8. The molecule has 0 unspecified atom stereocenters. The summed E-state index contributed by atoms with van der Waals surface area (Å²) in [7, 11) is 0. The van der Waals surface area contributed by atoms with Gasteiger partial charge in [-0.1, -0.05) is 12.8 Å². The summed E-state index contributed by atoms with van der Waals surface area (Å²) in [5.74, 6) is 3.27. The summed E-state index contributed by atoms with van der Waals surface area (Å²) in [6, 6.07) is 0. The first kappa shape index (κ1) is 15.3. The molecule has 3 heteroatoms. The van der Waals surface area contributed by atoms with E-state index in [-0.39, 0.29) is 0 Å². The molecular weight excluding hydrogens is 325 g/mol. The molecular formula is C14H25INO+. The molecule has 1 N–H and O–H groups in total. The van der Waals surface area contributed by atoms with Gasteiger partial charge in [-0.05, 0) is 29.1 Å². The monoisotopic (exact) mass is 350 g/mol. The van der Waals surface area contributed by atoms with Crippen molar-refractivity contribution in [2.75, 3.05) is 32.8 Å². The van der Waals surface area contributed by atoms with Gasteiger partial charge in [0, 0.05) is 42.0 Å². The first-order valence-corrected chi connectivity index (χ1v) is 7.95. The Morgan fingerprint density at radius 2 is 1.65 bits per heavy atom. The molecule has 1 saturated heterocycles. The van der Waals surface area contributed by atoms with Crippen LogP contribution >= 0.6 is 22.6 Å². The Bertz CT molecular complexity index is 251. The fourth-order valence-electron chi connectivity index (χ4n) is 2.75. The Labute approximate surface area is 120 Å². The van der Waals surface area contributed by atoms with Crippen LogP contribution in [0, 0.1) is 9.85 Å². The summed E-state index contributed by atoms with van der Waals surface area (Å²) >= 11 is 2.15. The molecule has 1 heterocycles. The van der Waals surface area contributed by atoms with E-state index in [1.807, 2.05) is 0 Å². The third kappa shape index (κ3) is 6.08. The topological polar surface area (TPSA) is 20.2 Å². The highest BCUT2D eigenvalue weighted by atomic mass is 127. The standard InChI is InChI=1S/C14H25INO/c15-9-8-13-16(11-5-6-12-16)10-4-2-1-3-7-14-17/h17H,1-7,10-14H2/q+1. The molecule has 0 aromatic carbocycles. The van der Waals surface area contributed by atoms with Gasteiger partial charge < -0.3 is 9.59 Å². The maximum atomic E-state index is 8.71. The largest absolute Gasteiger partial charge is 0.396 e. The highest BCUT2D eigenvalue weighted by Crippen LogP contribution is 2.20. The molecule has 1 fully saturated rings. The number of halogens is 1. The van der Waals surface area contributed by atoms with Crippen LogP contribution in [0.25, 0.3) is 0 Å². The molecule has 1 aliphatic heterocycles. The number of likely N-dealkylation sites (tertiary alicyclic amines) is 1. The second-order valence-corrected chi connectivity index (χ2v) is 5.68. The van der Waals surface area contributed by atoms with Gasteiger partial charge in [0.15, 0.2) is 0 Å². The Balaban J connectivity index is 2.18. The summed E-state index contributed by atoms with van der Waals surface area (Å²) in [6.45, 7) is 5.39. The van der Waals surface area contributed by atoms with Gasteiger partial charge in [0.2, 0.25) is 0 Å². The van der Waals surface area contributed by atoms with Gasteiger partial charge in [-0.15, -0.1) is 0 Å². The Morgan fingerprint density at radius 1 is 1.00 bits per heavy atom. The van der Waals surface area contributed by atoms with Gasteiger partial charge in [-0.25, -0.2) is 0 Å². The average molecular weight is 350 g/mol. The molecule has 0 spiro atoms. The Kier molecular flexibility index (Phi) is 8.25. The van der Waals surface area contributed by atoms with Crippen molar-refractivity contribution in [1.82, 2.24) is 0 Å². The van der Waals surface area contributed by atoms with Crippen molar-refractivity contribution in [3.05, 3.63) is 0 Å². The van der Waals surface area contributed by atoms with E-state index in [4.69, 9.17) is 5.11 Å². The van der Waals surface area contributed by atoms with Crippen molar-refractivity contribution >= 4 is 22.6 Å². The molecule has 0 aliphatic carbocycles. The maximum absolute atomic E-state index is 8.71. The summed E-state index contributed by atoms with van der Waals surface area (Å²) in [5.41, 5.74) is 0. The lowest BCUT2D eigenvalue weighted by Crippen LogP contribution is -2.46. The minimum atomic E-state index is 0.352. The molecule has 0 radical (unpaired) electrons. The first-order valence-electron chi connectivity index (χ1n) is 6.87. The normalized spacial score (nSPS) is 17.8. The molecule has 0 amide bonds. The summed E-state index contributed by atoms with van der Waals surface area (Å²) in [5, 5.41) is 8.71. The van der Waals surface area contributed by atoms with E-state index < -0.39 is 0 Å². The van der Waals surface area contributed by atoms with Crippen LogP contribution in [0.4, 0.5) is 0 Å². The molecule has 2 nitrogen and oxygen atoms in total. The van der Waals surface area contributed by atoms with Crippen LogP contribution in [0.3, 0.4) is 0 Å². The van der Waals surface area contributed by atoms with Crippen LogP contribution in [-0.2, 0) is 0 Å². The van der Waals surface area contributed by atoms with Crippen molar-refractivity contribution in [1.29, 1.82) is 0 Å². The minimum absolute atomic E-state index is 0.352. The van der Waals surface area contributed by atoms with Gasteiger partial charge >= 0.3 is 0 Å². The Hall–Kier alpha value is 0.210. The van der Waals surface area contributed by atoms with Crippen molar-refractivity contribution in [2.45, 2.75) is 44.9 Å². The van der Waals surface area contributed by atoms with Crippen LogP contribution in [0.5, 0.6) is 0 Å². The number of hydrogen-bond donors (Lipinski definition) is 1. The summed E-state index contributed by atoms with van der Waals surface area (Å²) in [6.07, 6.45) is 8.84. The van der Waals surface area contributed by atoms with E-state index in [0.717, 1.165) is 13.0 Å². The lowest BCUT2D eigenvalue weighted by Gasteiger charge is -2.32. The highest BCUT2D eigenvalue weighted by molar-refractivity contribution is 14.1. The molecule has 1 rings (SSSR count). The zero-order valence-corrected chi connectivity index (χ0v) is 12.9. The quantitative estimate of drug-likeness (QED) is 0.309.